The molecule has 2 aliphatic rings. The van der Waals surface area contributed by atoms with E-state index in [1.54, 1.807) is 17.0 Å². The smallest absolute Gasteiger partial charge is 0.335 e. The van der Waals surface area contributed by atoms with E-state index in [1.807, 2.05) is 24.3 Å². The average molecular weight is 435 g/mol. The summed E-state index contributed by atoms with van der Waals surface area (Å²) in [5.74, 6) is -0.510. The summed E-state index contributed by atoms with van der Waals surface area (Å²) in [5, 5.41) is 9.10. The lowest BCUT2D eigenvalue weighted by molar-refractivity contribution is -0.144. The van der Waals surface area contributed by atoms with Crippen molar-refractivity contribution < 1.29 is 19.5 Å². The highest BCUT2D eigenvalue weighted by Crippen LogP contribution is 2.36. The van der Waals surface area contributed by atoms with Gasteiger partial charge in [0.1, 0.15) is 6.04 Å². The lowest BCUT2D eigenvalue weighted by atomic mass is 9.80. The van der Waals surface area contributed by atoms with Gasteiger partial charge in [-0.25, -0.2) is 4.79 Å². The minimum Gasteiger partial charge on any atom is -0.478 e. The van der Waals surface area contributed by atoms with Crippen molar-refractivity contribution in [1.82, 2.24) is 4.90 Å². The van der Waals surface area contributed by atoms with Crippen LogP contribution in [0.4, 0.5) is 0 Å². The molecule has 32 heavy (non-hydrogen) atoms. The van der Waals surface area contributed by atoms with E-state index >= 15 is 0 Å². The fourth-order valence-electron chi connectivity index (χ4n) is 5.09. The molecule has 4 rings (SSSR count). The van der Waals surface area contributed by atoms with Crippen molar-refractivity contribution in [2.24, 2.45) is 17.6 Å². The number of rotatable bonds is 6. The Hall–Kier alpha value is -2.99. The van der Waals surface area contributed by atoms with Crippen molar-refractivity contribution in [3.63, 3.8) is 0 Å². The van der Waals surface area contributed by atoms with Gasteiger partial charge in [0.2, 0.25) is 5.91 Å². The van der Waals surface area contributed by atoms with Crippen LogP contribution in [0.3, 0.4) is 0 Å². The molecule has 6 heteroatoms. The largest absolute Gasteiger partial charge is 0.478 e. The van der Waals surface area contributed by atoms with Crippen molar-refractivity contribution in [2.75, 3.05) is 13.1 Å². The molecule has 0 unspecified atom stereocenters. The second-order valence-electron chi connectivity index (χ2n) is 8.98. The first-order chi connectivity index (χ1) is 15.5. The molecule has 2 aromatic rings. The molecular formula is C26H30N2O4. The second-order valence-corrected chi connectivity index (χ2v) is 8.98. The van der Waals surface area contributed by atoms with Crippen LogP contribution in [-0.2, 0) is 22.4 Å². The molecule has 1 atom stereocenters. The minimum atomic E-state index is -0.995. The molecule has 1 aliphatic carbocycles. The van der Waals surface area contributed by atoms with Gasteiger partial charge < -0.3 is 15.7 Å². The van der Waals surface area contributed by atoms with Crippen LogP contribution in [0.15, 0.2) is 48.5 Å². The van der Waals surface area contributed by atoms with Gasteiger partial charge in [0.05, 0.1) is 5.56 Å². The maximum absolute atomic E-state index is 13.5. The van der Waals surface area contributed by atoms with Crippen molar-refractivity contribution in [1.29, 1.82) is 0 Å². The summed E-state index contributed by atoms with van der Waals surface area (Å²) >= 11 is 0. The van der Waals surface area contributed by atoms with Crippen LogP contribution < -0.4 is 5.73 Å². The van der Waals surface area contributed by atoms with Crippen LogP contribution in [0.5, 0.6) is 0 Å². The van der Waals surface area contributed by atoms with E-state index in [0.717, 1.165) is 48.8 Å². The van der Waals surface area contributed by atoms with E-state index in [4.69, 9.17) is 10.8 Å². The monoisotopic (exact) mass is 434 g/mol. The van der Waals surface area contributed by atoms with E-state index in [2.05, 4.69) is 0 Å². The number of nitrogens with two attached hydrogens (primary N) is 1. The molecule has 1 aliphatic heterocycles. The summed E-state index contributed by atoms with van der Waals surface area (Å²) in [6, 6.07) is 13.7. The third-order valence-electron chi connectivity index (χ3n) is 6.98. The number of benzene rings is 2. The summed E-state index contributed by atoms with van der Waals surface area (Å²) in [5.41, 5.74) is 8.77. The minimum absolute atomic E-state index is 0.0378. The fourth-order valence-corrected chi connectivity index (χ4v) is 5.09. The van der Waals surface area contributed by atoms with E-state index < -0.39 is 12.0 Å². The van der Waals surface area contributed by atoms with Crippen LogP contribution in [0, 0.1) is 11.8 Å². The number of carbonyl (C=O) groups is 3. The molecule has 0 saturated heterocycles. The van der Waals surface area contributed by atoms with Crippen LogP contribution >= 0.6 is 0 Å². The standard InChI is InChI=1S/C26H30N2O4/c27-16-18-7-9-20(10-8-18)25(30)28-14-13-19-3-1-2-4-22(19)24(28)23(29)15-17-5-11-21(12-6-17)26(31)32/h1-6,11-12,18,20,24H,7-10,13-16,27H2,(H,31,32)/t18?,20?,24-/m0/s1. The normalized spacial score (nSPS) is 22.8. The zero-order chi connectivity index (χ0) is 22.7. The van der Waals surface area contributed by atoms with Crippen LogP contribution in [0.2, 0.25) is 0 Å². The summed E-state index contributed by atoms with van der Waals surface area (Å²) in [6.45, 7) is 1.21. The topological polar surface area (TPSA) is 101 Å². The fraction of sp³-hybridized carbons (Fsp3) is 0.423. The molecule has 168 valence electrons. The zero-order valence-corrected chi connectivity index (χ0v) is 18.2. The number of Topliss-reactive ketones (excluding diaryl/α,β-unsaturated/α-hetero) is 1. The molecule has 1 saturated carbocycles. The van der Waals surface area contributed by atoms with E-state index in [-0.39, 0.29) is 29.6 Å². The summed E-state index contributed by atoms with van der Waals surface area (Å²) < 4.78 is 0. The van der Waals surface area contributed by atoms with Gasteiger partial charge in [0.25, 0.3) is 0 Å². The molecule has 0 bridgehead atoms. The lowest BCUT2D eigenvalue weighted by Crippen LogP contribution is -2.47. The maximum Gasteiger partial charge on any atom is 0.335 e. The third-order valence-corrected chi connectivity index (χ3v) is 6.98. The highest BCUT2D eigenvalue weighted by Gasteiger charge is 2.38. The van der Waals surface area contributed by atoms with E-state index in [9.17, 15) is 14.4 Å². The number of ketones is 1. The Kier molecular flexibility index (Phi) is 6.70. The Bertz CT molecular complexity index is 993. The Labute approximate surface area is 188 Å². The molecule has 2 aromatic carbocycles. The summed E-state index contributed by atoms with van der Waals surface area (Å²) in [4.78, 5) is 39.9. The SMILES string of the molecule is NCC1CCC(C(=O)N2CCc3ccccc3[C@H]2C(=O)Cc2ccc(C(=O)O)cc2)CC1. The number of hydrogen-bond donors (Lipinski definition) is 2. The number of carbonyl (C=O) groups excluding carboxylic acids is 2. The third kappa shape index (κ3) is 4.60. The highest BCUT2D eigenvalue weighted by atomic mass is 16.4. The quantitative estimate of drug-likeness (QED) is 0.726. The van der Waals surface area contributed by atoms with Crippen LogP contribution in [-0.4, -0.2) is 40.8 Å². The van der Waals surface area contributed by atoms with E-state index in [0.29, 0.717) is 19.0 Å². The molecular weight excluding hydrogens is 404 g/mol. The zero-order valence-electron chi connectivity index (χ0n) is 18.2. The van der Waals surface area contributed by atoms with Crippen LogP contribution in [0.1, 0.15) is 58.8 Å². The summed E-state index contributed by atoms with van der Waals surface area (Å²) in [7, 11) is 0. The van der Waals surface area contributed by atoms with Gasteiger partial charge in [-0.3, -0.25) is 9.59 Å². The Balaban J connectivity index is 1.57. The van der Waals surface area contributed by atoms with Crippen molar-refractivity contribution in [3.8, 4) is 0 Å². The van der Waals surface area contributed by atoms with Crippen molar-refractivity contribution in [3.05, 3.63) is 70.8 Å². The first-order valence-corrected chi connectivity index (χ1v) is 11.4. The van der Waals surface area contributed by atoms with Gasteiger partial charge in [-0.05, 0) is 73.4 Å². The average Bonchev–Trinajstić information content (AvgIpc) is 2.83. The number of fused-ring (bicyclic) bond motifs is 1. The van der Waals surface area contributed by atoms with Crippen molar-refractivity contribution >= 4 is 17.7 Å². The van der Waals surface area contributed by atoms with Gasteiger partial charge in [0.15, 0.2) is 5.78 Å². The van der Waals surface area contributed by atoms with Gasteiger partial charge in [0, 0.05) is 18.9 Å². The molecule has 0 radical (unpaired) electrons. The Morgan fingerprint density at radius 1 is 0.969 bits per heavy atom. The predicted octanol–water partition coefficient (Wildman–Crippen LogP) is 3.39. The number of aromatic carboxylic acids is 1. The van der Waals surface area contributed by atoms with Gasteiger partial charge in [-0.1, -0.05) is 36.4 Å². The first kappa shape index (κ1) is 22.2. The Morgan fingerprint density at radius 2 is 1.66 bits per heavy atom. The number of hydrogen-bond acceptors (Lipinski definition) is 4. The molecule has 0 spiro atoms. The molecule has 1 amide bonds. The van der Waals surface area contributed by atoms with Gasteiger partial charge in [-0.15, -0.1) is 0 Å². The number of carboxylic acid groups (broad SMARTS) is 1. The molecule has 6 nitrogen and oxygen atoms in total. The van der Waals surface area contributed by atoms with Crippen LogP contribution in [0.25, 0.3) is 0 Å². The van der Waals surface area contributed by atoms with Gasteiger partial charge in [-0.2, -0.15) is 0 Å². The Morgan fingerprint density at radius 3 is 2.31 bits per heavy atom. The van der Waals surface area contributed by atoms with Crippen molar-refractivity contribution in [2.45, 2.75) is 44.6 Å². The molecule has 3 N–H and O–H groups in total. The lowest BCUT2D eigenvalue weighted by Gasteiger charge is -2.39. The molecule has 1 fully saturated rings. The first-order valence-electron chi connectivity index (χ1n) is 11.4. The van der Waals surface area contributed by atoms with E-state index in [1.165, 1.54) is 12.1 Å². The highest BCUT2D eigenvalue weighted by molar-refractivity contribution is 5.93. The second kappa shape index (κ2) is 9.65. The summed E-state index contributed by atoms with van der Waals surface area (Å²) in [6.07, 6.45) is 4.49. The maximum atomic E-state index is 13.5. The molecule has 0 aromatic heterocycles. The number of nitrogens with zero attached hydrogens (tertiary/aromatic N) is 1. The predicted molar refractivity (Wildman–Crippen MR) is 121 cm³/mol. The number of carboxylic acids is 1. The molecule has 1 heterocycles. The number of amides is 1. The van der Waals surface area contributed by atoms with Gasteiger partial charge >= 0.3 is 5.97 Å².